The number of hydrogen-bond acceptors (Lipinski definition) is 5. The van der Waals surface area contributed by atoms with E-state index in [1.165, 1.54) is 12.3 Å². The first kappa shape index (κ1) is 29.0. The Labute approximate surface area is 224 Å². The Morgan fingerprint density at radius 3 is 2.46 bits per heavy atom. The molecule has 1 atom stereocenters. The monoisotopic (exact) mass is 570 g/mol. The number of carboxylic acid groups (broad SMARTS) is 1. The first-order valence-corrected chi connectivity index (χ1v) is 14.4. The predicted molar refractivity (Wildman–Crippen MR) is 135 cm³/mol. The summed E-state index contributed by atoms with van der Waals surface area (Å²) in [6, 6.07) is 2.44. The van der Waals surface area contributed by atoms with Crippen LogP contribution in [-0.4, -0.2) is 42.8 Å². The molecule has 1 aromatic carbocycles. The lowest BCUT2D eigenvalue weighted by atomic mass is 9.81. The lowest BCUT2D eigenvalue weighted by molar-refractivity contribution is -0.140. The van der Waals surface area contributed by atoms with Gasteiger partial charge in [-0.15, -0.1) is 0 Å². The van der Waals surface area contributed by atoms with Crippen molar-refractivity contribution in [1.29, 1.82) is 0 Å². The van der Waals surface area contributed by atoms with Crippen LogP contribution in [0.2, 0.25) is 0 Å². The van der Waals surface area contributed by atoms with Crippen molar-refractivity contribution in [1.82, 2.24) is 9.62 Å². The molecule has 4 rings (SSSR count). The Kier molecular flexibility index (Phi) is 8.36. The number of nitrogens with zero attached hydrogens (tertiary/aromatic N) is 1. The van der Waals surface area contributed by atoms with Gasteiger partial charge in [0.05, 0.1) is 16.4 Å². The van der Waals surface area contributed by atoms with Crippen molar-refractivity contribution in [3.63, 3.8) is 0 Å². The molecule has 212 valence electrons. The maximum atomic E-state index is 15.3. The zero-order valence-corrected chi connectivity index (χ0v) is 22.2. The van der Waals surface area contributed by atoms with E-state index >= 15 is 4.39 Å². The Hall–Kier alpha value is -2.99. The minimum Gasteiger partial charge on any atom is -0.478 e. The van der Waals surface area contributed by atoms with Crippen LogP contribution >= 0.6 is 0 Å². The number of aliphatic carboxylic acids is 1. The number of rotatable bonds is 11. The number of hydrogen-bond donors (Lipinski definition) is 2. The standard InChI is InChI=1S/C27H30F4N2O5S/c1-2-3-4-5-6-11-32-39(37,38)24-10-7-16(12-21(24)27(29,30)31)18-14-23-19(13-22(18)28)25(34)20(26(35)36)15-33(23)17-8-9-17/h7,10,12,14-15,17,19,32H,2-6,8-9,11,13H2,1H3,(H,35,36). The predicted octanol–water partition coefficient (Wildman–Crippen LogP) is 5.55. The van der Waals surface area contributed by atoms with E-state index in [1.807, 2.05) is 6.92 Å². The Balaban J connectivity index is 1.67. The van der Waals surface area contributed by atoms with Crippen LogP contribution in [0.5, 0.6) is 0 Å². The van der Waals surface area contributed by atoms with Crippen molar-refractivity contribution in [3.8, 4) is 0 Å². The van der Waals surface area contributed by atoms with E-state index in [-0.39, 0.29) is 23.7 Å². The molecule has 0 radical (unpaired) electrons. The largest absolute Gasteiger partial charge is 0.478 e. The number of carboxylic acids is 1. The number of unbranched alkanes of at least 4 members (excludes halogenated alkanes) is 4. The van der Waals surface area contributed by atoms with Crippen LogP contribution in [0.15, 0.2) is 52.5 Å². The molecule has 1 heterocycles. The lowest BCUT2D eigenvalue weighted by Crippen LogP contribution is -2.38. The van der Waals surface area contributed by atoms with Crippen LogP contribution in [0.3, 0.4) is 0 Å². The Bertz CT molecular complexity index is 1360. The van der Waals surface area contributed by atoms with Crippen molar-refractivity contribution >= 4 is 27.3 Å². The summed E-state index contributed by atoms with van der Waals surface area (Å²) in [7, 11) is -4.49. The molecule has 1 aliphatic heterocycles. The zero-order chi connectivity index (χ0) is 28.5. The van der Waals surface area contributed by atoms with Crippen LogP contribution in [0.1, 0.15) is 69.4 Å². The fourth-order valence-electron chi connectivity index (χ4n) is 4.90. The quantitative estimate of drug-likeness (QED) is 0.205. The van der Waals surface area contributed by atoms with E-state index in [1.54, 1.807) is 4.90 Å². The van der Waals surface area contributed by atoms with Crippen LogP contribution in [0, 0.1) is 5.92 Å². The summed E-state index contributed by atoms with van der Waals surface area (Å²) in [5, 5.41) is 9.41. The molecule has 0 spiro atoms. The first-order chi connectivity index (χ1) is 18.3. The Morgan fingerprint density at radius 2 is 1.85 bits per heavy atom. The van der Waals surface area contributed by atoms with Crippen molar-refractivity contribution < 1.29 is 40.7 Å². The molecule has 2 N–H and O–H groups in total. The topological polar surface area (TPSA) is 104 Å². The van der Waals surface area contributed by atoms with E-state index in [2.05, 4.69) is 4.72 Å². The molecule has 1 unspecified atom stereocenters. The number of halogens is 4. The van der Waals surface area contributed by atoms with E-state index < -0.39 is 62.1 Å². The van der Waals surface area contributed by atoms with Gasteiger partial charge in [-0.25, -0.2) is 22.3 Å². The Morgan fingerprint density at radius 1 is 1.15 bits per heavy atom. The van der Waals surface area contributed by atoms with Gasteiger partial charge in [-0.1, -0.05) is 38.7 Å². The van der Waals surface area contributed by atoms with Crippen molar-refractivity contribution in [2.24, 2.45) is 5.92 Å². The summed E-state index contributed by atoms with van der Waals surface area (Å²) < 4.78 is 85.2. The van der Waals surface area contributed by atoms with Gasteiger partial charge >= 0.3 is 12.1 Å². The number of benzene rings is 1. The number of allylic oxidation sites excluding steroid dienone is 4. The average Bonchev–Trinajstić information content (AvgIpc) is 3.71. The highest BCUT2D eigenvalue weighted by Crippen LogP contribution is 2.45. The molecule has 0 amide bonds. The molecule has 0 bridgehead atoms. The van der Waals surface area contributed by atoms with Crippen molar-refractivity contribution in [3.05, 3.63) is 58.7 Å². The molecular weight excluding hydrogens is 540 g/mol. The normalized spacial score (nSPS) is 20.1. The molecule has 2 aliphatic carbocycles. The number of sulfonamides is 1. The number of nitrogens with one attached hydrogen (secondary N) is 1. The third-order valence-electron chi connectivity index (χ3n) is 7.10. The van der Waals surface area contributed by atoms with E-state index in [4.69, 9.17) is 0 Å². The molecule has 0 aromatic heterocycles. The SMILES string of the molecule is CCCCCCCNS(=O)(=O)c1ccc(C2=C(F)CC3C(=O)C(C(=O)O)=CN(C4CC4)C3=C2)cc1C(F)(F)F. The van der Waals surface area contributed by atoms with Gasteiger partial charge in [0.15, 0.2) is 5.78 Å². The molecule has 0 saturated heterocycles. The number of alkyl halides is 3. The number of Topliss-reactive ketones (excluding diaryl/α,β-unsaturated/α-hetero) is 1. The summed E-state index contributed by atoms with van der Waals surface area (Å²) in [6.45, 7) is 2.02. The average molecular weight is 571 g/mol. The highest BCUT2D eigenvalue weighted by molar-refractivity contribution is 7.89. The number of carbonyl (C=O) groups excluding carboxylic acids is 1. The van der Waals surface area contributed by atoms with Gasteiger partial charge in [-0.2, -0.15) is 13.2 Å². The lowest BCUT2D eigenvalue weighted by Gasteiger charge is -2.36. The van der Waals surface area contributed by atoms with Crippen LogP contribution in [-0.2, 0) is 25.8 Å². The summed E-state index contributed by atoms with van der Waals surface area (Å²) in [6.07, 6.45) is 2.48. The summed E-state index contributed by atoms with van der Waals surface area (Å²) in [5.41, 5.74) is -1.97. The smallest absolute Gasteiger partial charge is 0.417 e. The molecule has 1 fully saturated rings. The van der Waals surface area contributed by atoms with Crippen LogP contribution < -0.4 is 4.72 Å². The van der Waals surface area contributed by atoms with Gasteiger partial charge in [0.1, 0.15) is 11.4 Å². The molecule has 1 saturated carbocycles. The van der Waals surface area contributed by atoms with Crippen molar-refractivity contribution in [2.75, 3.05) is 6.54 Å². The van der Waals surface area contributed by atoms with Gasteiger partial charge in [-0.05, 0) is 43.0 Å². The van der Waals surface area contributed by atoms with Gasteiger partial charge < -0.3 is 10.0 Å². The van der Waals surface area contributed by atoms with Gasteiger partial charge in [-0.3, -0.25) is 4.79 Å². The fourth-order valence-corrected chi connectivity index (χ4v) is 6.18. The third kappa shape index (κ3) is 6.27. The minimum absolute atomic E-state index is 0.00472. The minimum atomic E-state index is -5.04. The highest BCUT2D eigenvalue weighted by atomic mass is 32.2. The summed E-state index contributed by atoms with van der Waals surface area (Å²) in [5.74, 6) is -4.18. The zero-order valence-electron chi connectivity index (χ0n) is 21.4. The summed E-state index contributed by atoms with van der Waals surface area (Å²) in [4.78, 5) is 25.0. The number of carbonyl (C=O) groups is 2. The van der Waals surface area contributed by atoms with Gasteiger partial charge in [0.2, 0.25) is 10.0 Å². The molecular formula is C27H30F4N2O5S. The van der Waals surface area contributed by atoms with Crippen LogP contribution in [0.4, 0.5) is 17.6 Å². The first-order valence-electron chi connectivity index (χ1n) is 12.9. The van der Waals surface area contributed by atoms with Gasteiger partial charge in [0, 0.05) is 36.5 Å². The maximum absolute atomic E-state index is 15.3. The molecule has 1 aromatic rings. The van der Waals surface area contributed by atoms with E-state index in [0.29, 0.717) is 18.2 Å². The molecule has 12 heteroatoms. The number of fused-ring (bicyclic) bond motifs is 1. The van der Waals surface area contributed by atoms with Crippen molar-refractivity contribution in [2.45, 2.75) is 75.4 Å². The molecule has 39 heavy (non-hydrogen) atoms. The second-order valence-corrected chi connectivity index (χ2v) is 11.8. The fraction of sp³-hybridized carbons (Fsp3) is 0.481. The summed E-state index contributed by atoms with van der Waals surface area (Å²) >= 11 is 0. The second kappa shape index (κ2) is 11.2. The number of ketones is 1. The maximum Gasteiger partial charge on any atom is 0.417 e. The third-order valence-corrected chi connectivity index (χ3v) is 8.62. The van der Waals surface area contributed by atoms with Gasteiger partial charge in [0.25, 0.3) is 0 Å². The van der Waals surface area contributed by atoms with E-state index in [0.717, 1.165) is 50.7 Å². The van der Waals surface area contributed by atoms with Crippen LogP contribution in [0.25, 0.3) is 5.57 Å². The molecule has 7 nitrogen and oxygen atoms in total. The van der Waals surface area contributed by atoms with E-state index in [9.17, 15) is 36.3 Å². The molecule has 3 aliphatic rings. The highest BCUT2D eigenvalue weighted by Gasteiger charge is 2.44. The second-order valence-electron chi connectivity index (χ2n) is 10.0.